The van der Waals surface area contributed by atoms with Crippen molar-refractivity contribution in [2.24, 2.45) is 0 Å². The molecule has 3 heterocycles. The number of fused-ring (bicyclic) bond motifs is 1. The number of para-hydroxylation sites is 1. The Kier molecular flexibility index (Phi) is 5.21. The lowest BCUT2D eigenvalue weighted by Gasteiger charge is -2.29. The molecule has 2 aromatic heterocycles. The van der Waals surface area contributed by atoms with E-state index in [1.807, 2.05) is 31.2 Å². The fourth-order valence-electron chi connectivity index (χ4n) is 3.70. The van der Waals surface area contributed by atoms with Crippen LogP contribution in [0, 0.1) is 6.92 Å². The molecule has 1 amide bonds. The molecule has 1 aliphatic heterocycles. The lowest BCUT2D eigenvalue weighted by molar-refractivity contribution is 0.0927. The number of rotatable bonds is 6. The number of carbonyl (C=O) groups is 1. The number of aromatic nitrogens is 4. The molecule has 28 heavy (non-hydrogen) atoms. The monoisotopic (exact) mass is 380 g/mol. The highest BCUT2D eigenvalue weighted by Gasteiger charge is 2.27. The zero-order valence-corrected chi connectivity index (χ0v) is 16.1. The molecule has 0 aliphatic carbocycles. The average Bonchev–Trinajstić information content (AvgIpc) is 3.39. The van der Waals surface area contributed by atoms with Crippen LogP contribution in [0.4, 0.5) is 0 Å². The summed E-state index contributed by atoms with van der Waals surface area (Å²) in [5, 5.41) is 7.29. The largest absolute Gasteiger partial charge is 0.496 e. The van der Waals surface area contributed by atoms with Gasteiger partial charge in [-0.1, -0.05) is 18.2 Å². The van der Waals surface area contributed by atoms with Crippen LogP contribution in [0.1, 0.15) is 40.8 Å². The molecule has 1 unspecified atom stereocenters. The van der Waals surface area contributed by atoms with E-state index in [2.05, 4.69) is 31.3 Å². The standard InChI is InChI=1S/C20H24N6O2/c1-14-9-10-21-20-23-18(24-26(14)20)19(27)22-13-16(25-11-5-6-12-25)15-7-3-4-8-17(15)28-2/h3-4,7-10,16H,5-6,11-13H2,1-2H3,(H,22,27). The first-order valence-electron chi connectivity index (χ1n) is 9.51. The molecule has 0 saturated carbocycles. The first kappa shape index (κ1) is 18.4. The molecule has 0 spiro atoms. The molecule has 4 rings (SSSR count). The Balaban J connectivity index is 1.55. The third kappa shape index (κ3) is 3.55. The van der Waals surface area contributed by atoms with Gasteiger partial charge in [-0.2, -0.15) is 4.98 Å². The van der Waals surface area contributed by atoms with Crippen molar-refractivity contribution in [3.8, 4) is 5.75 Å². The second-order valence-corrected chi connectivity index (χ2v) is 6.94. The Labute approximate surface area is 163 Å². The molecular formula is C20H24N6O2. The zero-order chi connectivity index (χ0) is 19.5. The Morgan fingerprint density at radius 1 is 1.25 bits per heavy atom. The molecular weight excluding hydrogens is 356 g/mol. The van der Waals surface area contributed by atoms with Crippen molar-refractivity contribution in [3.63, 3.8) is 0 Å². The van der Waals surface area contributed by atoms with Gasteiger partial charge in [-0.15, -0.1) is 5.10 Å². The minimum atomic E-state index is -0.302. The summed E-state index contributed by atoms with van der Waals surface area (Å²) in [7, 11) is 1.67. The van der Waals surface area contributed by atoms with Crippen LogP contribution in [-0.2, 0) is 0 Å². The summed E-state index contributed by atoms with van der Waals surface area (Å²) in [4.78, 5) is 23.5. The molecule has 8 heteroatoms. The van der Waals surface area contributed by atoms with Gasteiger partial charge < -0.3 is 10.1 Å². The summed E-state index contributed by atoms with van der Waals surface area (Å²) in [6.45, 7) is 4.37. The van der Waals surface area contributed by atoms with E-state index in [0.29, 0.717) is 12.3 Å². The van der Waals surface area contributed by atoms with Crippen LogP contribution < -0.4 is 10.1 Å². The predicted molar refractivity (Wildman–Crippen MR) is 104 cm³/mol. The SMILES string of the molecule is COc1ccccc1C(CNC(=O)c1nc2nccc(C)n2n1)N1CCCC1. The predicted octanol–water partition coefficient (Wildman–Crippen LogP) is 2.01. The van der Waals surface area contributed by atoms with Gasteiger partial charge in [0.2, 0.25) is 5.82 Å². The normalized spacial score (nSPS) is 15.6. The van der Waals surface area contributed by atoms with E-state index in [1.54, 1.807) is 17.8 Å². The number of ether oxygens (including phenoxy) is 1. The first-order chi connectivity index (χ1) is 13.7. The molecule has 1 aromatic carbocycles. The first-order valence-corrected chi connectivity index (χ1v) is 9.51. The second-order valence-electron chi connectivity index (χ2n) is 6.94. The maximum atomic E-state index is 12.7. The van der Waals surface area contributed by atoms with Gasteiger partial charge >= 0.3 is 0 Å². The fraction of sp³-hybridized carbons (Fsp3) is 0.400. The highest BCUT2D eigenvalue weighted by molar-refractivity contribution is 5.90. The minimum Gasteiger partial charge on any atom is -0.496 e. The van der Waals surface area contributed by atoms with E-state index >= 15 is 0 Å². The lowest BCUT2D eigenvalue weighted by atomic mass is 10.0. The number of methoxy groups -OCH3 is 1. The Morgan fingerprint density at radius 3 is 2.79 bits per heavy atom. The lowest BCUT2D eigenvalue weighted by Crippen LogP contribution is -2.37. The molecule has 3 aromatic rings. The van der Waals surface area contributed by atoms with Gasteiger partial charge in [0.15, 0.2) is 0 Å². The van der Waals surface area contributed by atoms with Crippen LogP contribution in [0.3, 0.4) is 0 Å². The smallest absolute Gasteiger partial charge is 0.291 e. The Hall–Kier alpha value is -3.00. The third-order valence-electron chi connectivity index (χ3n) is 5.17. The van der Waals surface area contributed by atoms with E-state index < -0.39 is 0 Å². The molecule has 8 nitrogen and oxygen atoms in total. The number of hydrogen-bond donors (Lipinski definition) is 1. The average molecular weight is 380 g/mol. The van der Waals surface area contributed by atoms with Crippen LogP contribution in [0.25, 0.3) is 5.78 Å². The van der Waals surface area contributed by atoms with Crippen molar-refractivity contribution < 1.29 is 9.53 Å². The summed E-state index contributed by atoms with van der Waals surface area (Å²) >= 11 is 0. The van der Waals surface area contributed by atoms with Crippen LogP contribution >= 0.6 is 0 Å². The number of carbonyl (C=O) groups excluding carboxylic acids is 1. The summed E-state index contributed by atoms with van der Waals surface area (Å²) in [5.74, 6) is 1.08. The van der Waals surface area contributed by atoms with Gasteiger partial charge in [0, 0.05) is 24.0 Å². The van der Waals surface area contributed by atoms with Gasteiger partial charge in [0.05, 0.1) is 13.2 Å². The van der Waals surface area contributed by atoms with Gasteiger partial charge in [-0.3, -0.25) is 9.69 Å². The van der Waals surface area contributed by atoms with Crippen LogP contribution in [-0.4, -0.2) is 57.1 Å². The van der Waals surface area contributed by atoms with Crippen LogP contribution in [0.2, 0.25) is 0 Å². The number of likely N-dealkylation sites (tertiary alicyclic amines) is 1. The van der Waals surface area contributed by atoms with Gasteiger partial charge in [-0.05, 0) is 45.0 Å². The van der Waals surface area contributed by atoms with E-state index in [0.717, 1.165) is 30.1 Å². The summed E-state index contributed by atoms with van der Waals surface area (Å²) in [5.41, 5.74) is 1.95. The Morgan fingerprint density at radius 2 is 2.04 bits per heavy atom. The number of benzene rings is 1. The third-order valence-corrected chi connectivity index (χ3v) is 5.17. The van der Waals surface area contributed by atoms with Crippen molar-refractivity contribution in [2.45, 2.75) is 25.8 Å². The Bertz CT molecular complexity index is 980. The van der Waals surface area contributed by atoms with Crippen LogP contribution in [0.15, 0.2) is 36.5 Å². The van der Waals surface area contributed by atoms with Gasteiger partial charge in [-0.25, -0.2) is 9.50 Å². The molecule has 0 bridgehead atoms. The van der Waals surface area contributed by atoms with Crippen molar-refractivity contribution >= 4 is 11.7 Å². The highest BCUT2D eigenvalue weighted by atomic mass is 16.5. The number of nitrogens with zero attached hydrogens (tertiary/aromatic N) is 5. The minimum absolute atomic E-state index is 0.0412. The van der Waals surface area contributed by atoms with E-state index in [1.165, 1.54) is 12.8 Å². The molecule has 1 saturated heterocycles. The number of nitrogens with one attached hydrogen (secondary N) is 1. The maximum absolute atomic E-state index is 12.7. The van der Waals surface area contributed by atoms with E-state index in [4.69, 9.17) is 4.74 Å². The molecule has 0 radical (unpaired) electrons. The summed E-state index contributed by atoms with van der Waals surface area (Å²) in [6, 6.07) is 9.84. The fourth-order valence-corrected chi connectivity index (χ4v) is 3.70. The van der Waals surface area contributed by atoms with Crippen molar-refractivity contribution in [1.29, 1.82) is 0 Å². The highest BCUT2D eigenvalue weighted by Crippen LogP contribution is 2.31. The molecule has 146 valence electrons. The molecule has 1 N–H and O–H groups in total. The molecule has 1 aliphatic rings. The van der Waals surface area contributed by atoms with Crippen molar-refractivity contribution in [2.75, 3.05) is 26.7 Å². The second kappa shape index (κ2) is 7.93. The number of hydrogen-bond acceptors (Lipinski definition) is 6. The van der Waals surface area contributed by atoms with E-state index in [9.17, 15) is 4.79 Å². The molecule has 1 atom stereocenters. The van der Waals surface area contributed by atoms with E-state index in [-0.39, 0.29) is 17.8 Å². The summed E-state index contributed by atoms with van der Waals surface area (Å²) in [6.07, 6.45) is 3.99. The van der Waals surface area contributed by atoms with Gasteiger partial charge in [0.25, 0.3) is 11.7 Å². The quantitative estimate of drug-likeness (QED) is 0.704. The maximum Gasteiger partial charge on any atom is 0.291 e. The zero-order valence-electron chi connectivity index (χ0n) is 16.1. The van der Waals surface area contributed by atoms with Gasteiger partial charge in [0.1, 0.15) is 5.75 Å². The number of aryl methyl sites for hydroxylation is 1. The molecule has 1 fully saturated rings. The van der Waals surface area contributed by atoms with Crippen LogP contribution in [0.5, 0.6) is 5.75 Å². The van der Waals surface area contributed by atoms with Crippen molar-refractivity contribution in [3.05, 3.63) is 53.6 Å². The number of amides is 1. The topological polar surface area (TPSA) is 84.6 Å². The summed E-state index contributed by atoms with van der Waals surface area (Å²) < 4.78 is 7.13. The van der Waals surface area contributed by atoms with Crippen molar-refractivity contribution in [1.82, 2.24) is 29.8 Å².